The van der Waals surface area contributed by atoms with Gasteiger partial charge in [-0.25, -0.2) is 4.98 Å². The van der Waals surface area contributed by atoms with Gasteiger partial charge in [-0.05, 0) is 42.7 Å². The lowest BCUT2D eigenvalue weighted by atomic mass is 10.0. The zero-order chi connectivity index (χ0) is 24.2. The highest BCUT2D eigenvalue weighted by atomic mass is 16.2. The topological polar surface area (TPSA) is 116 Å². The van der Waals surface area contributed by atoms with Gasteiger partial charge >= 0.3 is 0 Å². The van der Waals surface area contributed by atoms with E-state index in [2.05, 4.69) is 25.9 Å². The van der Waals surface area contributed by atoms with E-state index in [-0.39, 0.29) is 36.6 Å². The number of aromatic nitrogens is 2. The van der Waals surface area contributed by atoms with Gasteiger partial charge in [-0.3, -0.25) is 14.4 Å². The van der Waals surface area contributed by atoms with Gasteiger partial charge in [0.05, 0.1) is 28.3 Å². The molecule has 1 aliphatic heterocycles. The number of imidazole rings is 1. The number of anilines is 1. The normalized spacial score (nSPS) is 16.1. The van der Waals surface area contributed by atoms with Crippen molar-refractivity contribution in [1.29, 1.82) is 0 Å². The van der Waals surface area contributed by atoms with Gasteiger partial charge in [-0.15, -0.1) is 0 Å². The summed E-state index contributed by atoms with van der Waals surface area (Å²) in [4.78, 5) is 46.1. The molecule has 4 N–H and O–H groups in total. The molecule has 3 amide bonds. The number of hydrogen-bond donors (Lipinski definition) is 4. The van der Waals surface area contributed by atoms with Crippen molar-refractivity contribution >= 4 is 34.4 Å². The molecular weight excluding hydrogens is 442 g/mol. The highest BCUT2D eigenvalue weighted by molar-refractivity contribution is 6.09. The first-order valence-electron chi connectivity index (χ1n) is 11.6. The Bertz CT molecular complexity index is 1350. The molecule has 0 saturated carbocycles. The van der Waals surface area contributed by atoms with E-state index in [4.69, 9.17) is 0 Å². The van der Waals surface area contributed by atoms with Gasteiger partial charge in [0.15, 0.2) is 0 Å². The minimum atomic E-state index is -0.806. The maximum atomic E-state index is 13.0. The Hall–Kier alpha value is -4.46. The molecule has 2 atom stereocenters. The van der Waals surface area contributed by atoms with E-state index >= 15 is 0 Å². The van der Waals surface area contributed by atoms with Gasteiger partial charge < -0.3 is 20.9 Å². The maximum Gasteiger partial charge on any atom is 0.254 e. The summed E-state index contributed by atoms with van der Waals surface area (Å²) in [6, 6.07) is 23.2. The van der Waals surface area contributed by atoms with Crippen molar-refractivity contribution in [3.63, 3.8) is 0 Å². The first-order valence-corrected chi connectivity index (χ1v) is 11.6. The van der Waals surface area contributed by atoms with Crippen molar-refractivity contribution < 1.29 is 14.4 Å². The fourth-order valence-electron chi connectivity index (χ4n) is 4.26. The number of carbonyl (C=O) groups is 3. The molecule has 3 aromatic carbocycles. The molecule has 1 unspecified atom stereocenters. The summed E-state index contributed by atoms with van der Waals surface area (Å²) in [7, 11) is 0. The molecule has 4 aromatic rings. The second-order valence-corrected chi connectivity index (χ2v) is 8.55. The van der Waals surface area contributed by atoms with Crippen molar-refractivity contribution in [1.82, 2.24) is 20.6 Å². The molecule has 1 aliphatic rings. The third-order valence-electron chi connectivity index (χ3n) is 6.07. The number of amides is 3. The van der Waals surface area contributed by atoms with Crippen molar-refractivity contribution in [2.75, 3.05) is 5.32 Å². The van der Waals surface area contributed by atoms with E-state index < -0.39 is 6.04 Å². The smallest absolute Gasteiger partial charge is 0.254 e. The molecule has 0 radical (unpaired) electrons. The average molecular weight is 468 g/mol. The Morgan fingerprint density at radius 2 is 1.69 bits per heavy atom. The molecule has 0 spiro atoms. The van der Waals surface area contributed by atoms with Crippen LogP contribution in [0.4, 0.5) is 5.69 Å². The molecule has 1 aromatic heterocycles. The molecule has 8 nitrogen and oxygen atoms in total. The van der Waals surface area contributed by atoms with Gasteiger partial charge in [-0.1, -0.05) is 54.6 Å². The Morgan fingerprint density at radius 1 is 0.943 bits per heavy atom. The van der Waals surface area contributed by atoms with E-state index in [1.165, 1.54) is 0 Å². The molecule has 0 fully saturated rings. The zero-order valence-corrected chi connectivity index (χ0v) is 19.0. The summed E-state index contributed by atoms with van der Waals surface area (Å²) >= 11 is 0. The Labute approximate surface area is 202 Å². The lowest BCUT2D eigenvalue weighted by molar-refractivity contribution is -0.122. The van der Waals surface area contributed by atoms with Gasteiger partial charge in [-0.2, -0.15) is 0 Å². The first-order chi connectivity index (χ1) is 17.1. The fourth-order valence-corrected chi connectivity index (χ4v) is 4.26. The van der Waals surface area contributed by atoms with Crippen molar-refractivity contribution in [2.24, 2.45) is 0 Å². The number of aromatic amines is 1. The maximum absolute atomic E-state index is 13.0. The van der Waals surface area contributed by atoms with Crippen LogP contribution in [0.5, 0.6) is 0 Å². The minimum Gasteiger partial charge on any atom is -0.346 e. The average Bonchev–Trinajstić information content (AvgIpc) is 3.26. The van der Waals surface area contributed by atoms with Crippen LogP contribution >= 0.6 is 0 Å². The summed E-state index contributed by atoms with van der Waals surface area (Å²) in [6.45, 7) is 0. The van der Waals surface area contributed by atoms with Crippen LogP contribution in [0, 0.1) is 0 Å². The number of H-pyrrole nitrogens is 1. The molecule has 2 heterocycles. The third-order valence-corrected chi connectivity index (χ3v) is 6.07. The van der Waals surface area contributed by atoms with Crippen molar-refractivity contribution in [3.05, 3.63) is 95.8 Å². The second kappa shape index (κ2) is 9.80. The number of fused-ring (bicyclic) bond motifs is 2. The highest BCUT2D eigenvalue weighted by Gasteiger charge is 2.28. The first kappa shape index (κ1) is 22.3. The fraction of sp³-hybridized carbons (Fsp3) is 0.185. The monoisotopic (exact) mass is 467 g/mol. The van der Waals surface area contributed by atoms with Crippen LogP contribution in [-0.2, 0) is 16.0 Å². The van der Waals surface area contributed by atoms with Crippen LogP contribution in [0.25, 0.3) is 11.0 Å². The summed E-state index contributed by atoms with van der Waals surface area (Å²) in [6.07, 6.45) is 0.804. The van der Waals surface area contributed by atoms with Crippen molar-refractivity contribution in [3.8, 4) is 0 Å². The summed E-state index contributed by atoms with van der Waals surface area (Å²) in [5.74, 6) is -0.239. The minimum absolute atomic E-state index is 0.0697. The number of hydrogen-bond acceptors (Lipinski definition) is 4. The summed E-state index contributed by atoms with van der Waals surface area (Å²) < 4.78 is 0. The Kier molecular flexibility index (Phi) is 6.26. The molecule has 176 valence electrons. The molecule has 0 saturated heterocycles. The predicted octanol–water partition coefficient (Wildman–Crippen LogP) is 3.49. The quantitative estimate of drug-likeness (QED) is 0.333. The van der Waals surface area contributed by atoms with Gasteiger partial charge in [0.2, 0.25) is 11.8 Å². The van der Waals surface area contributed by atoms with E-state index in [1.54, 1.807) is 24.3 Å². The van der Waals surface area contributed by atoms with Crippen LogP contribution in [0.15, 0.2) is 78.9 Å². The van der Waals surface area contributed by atoms with E-state index in [9.17, 15) is 14.4 Å². The van der Waals surface area contributed by atoms with Gasteiger partial charge in [0, 0.05) is 6.42 Å². The van der Waals surface area contributed by atoms with Crippen LogP contribution in [0.1, 0.15) is 40.6 Å². The number of para-hydroxylation sites is 3. The van der Waals surface area contributed by atoms with Gasteiger partial charge in [0.25, 0.3) is 5.91 Å². The Balaban J connectivity index is 1.28. The number of nitrogens with one attached hydrogen (secondary N) is 4. The van der Waals surface area contributed by atoms with Crippen LogP contribution in [0.3, 0.4) is 0 Å². The molecular formula is C27H25N5O3. The predicted molar refractivity (Wildman–Crippen MR) is 133 cm³/mol. The lowest BCUT2D eigenvalue weighted by Crippen LogP contribution is -2.42. The Morgan fingerprint density at radius 3 is 2.51 bits per heavy atom. The SMILES string of the molecule is O=C(CCC1NC(=O)c2ccccc2NC1=O)N[C@@H](Cc1ccccc1)c1nc2ccccc2[nH]1. The molecule has 0 aliphatic carbocycles. The standard InChI is InChI=1S/C27H25N5O3/c33-24(15-14-22-27(35)31-19-11-5-4-10-18(19)26(34)32-22)28-23(16-17-8-2-1-3-9-17)25-29-20-12-6-7-13-21(20)30-25/h1-13,22-23H,14-16H2,(H,28,33)(H,29,30)(H,31,35)(H,32,34)/t22?,23-/m0/s1. The number of benzene rings is 3. The third kappa shape index (κ3) is 5.06. The number of rotatable bonds is 7. The molecule has 0 bridgehead atoms. The summed E-state index contributed by atoms with van der Waals surface area (Å²) in [5, 5.41) is 8.57. The van der Waals surface area contributed by atoms with Crippen molar-refractivity contribution in [2.45, 2.75) is 31.3 Å². The molecule has 5 rings (SSSR count). The number of carbonyl (C=O) groups excluding carboxylic acids is 3. The van der Waals surface area contributed by atoms with E-state index in [0.29, 0.717) is 23.5 Å². The second-order valence-electron chi connectivity index (χ2n) is 8.55. The van der Waals surface area contributed by atoms with Crippen LogP contribution in [0.2, 0.25) is 0 Å². The largest absolute Gasteiger partial charge is 0.346 e. The van der Waals surface area contributed by atoms with Crippen LogP contribution < -0.4 is 16.0 Å². The number of nitrogens with zero attached hydrogens (tertiary/aromatic N) is 1. The van der Waals surface area contributed by atoms with Crippen LogP contribution in [-0.4, -0.2) is 33.7 Å². The van der Waals surface area contributed by atoms with Gasteiger partial charge in [0.1, 0.15) is 11.9 Å². The summed E-state index contributed by atoms with van der Waals surface area (Å²) in [5.41, 5.74) is 3.65. The van der Waals surface area contributed by atoms with E-state index in [0.717, 1.165) is 16.6 Å². The lowest BCUT2D eigenvalue weighted by Gasteiger charge is -2.18. The van der Waals surface area contributed by atoms with E-state index in [1.807, 2.05) is 54.6 Å². The zero-order valence-electron chi connectivity index (χ0n) is 19.0. The molecule has 35 heavy (non-hydrogen) atoms. The highest BCUT2D eigenvalue weighted by Crippen LogP contribution is 2.21. The molecule has 8 heteroatoms.